The van der Waals surface area contributed by atoms with Crippen LogP contribution in [0.4, 0.5) is 13.9 Å². The van der Waals surface area contributed by atoms with Crippen molar-refractivity contribution in [3.05, 3.63) is 23.8 Å². The van der Waals surface area contributed by atoms with Gasteiger partial charge < -0.3 is 10.0 Å². The lowest BCUT2D eigenvalue weighted by molar-refractivity contribution is 0.126. The van der Waals surface area contributed by atoms with Gasteiger partial charge in [-0.3, -0.25) is 0 Å². The summed E-state index contributed by atoms with van der Waals surface area (Å²) in [5.74, 6) is -1.17. The van der Waals surface area contributed by atoms with Crippen LogP contribution in [-0.2, 0) is 0 Å². The molecule has 0 aliphatic carbocycles. The van der Waals surface area contributed by atoms with Crippen molar-refractivity contribution in [3.63, 3.8) is 0 Å². The van der Waals surface area contributed by atoms with Gasteiger partial charge in [0.05, 0.1) is 10.8 Å². The fourth-order valence-corrected chi connectivity index (χ4v) is 4.67. The Labute approximate surface area is 118 Å². The molecule has 3 heterocycles. The fourth-order valence-electron chi connectivity index (χ4n) is 3.52. The predicted octanol–water partition coefficient (Wildman–Crippen LogP) is 3.07. The molecule has 1 N–H and O–H groups in total. The summed E-state index contributed by atoms with van der Waals surface area (Å²) in [6, 6.07) is 2.76. The summed E-state index contributed by atoms with van der Waals surface area (Å²) in [7, 11) is 0. The Bertz CT molecular complexity index is 660. The molecular weight excluding hydrogens is 282 g/mol. The van der Waals surface area contributed by atoms with Crippen molar-refractivity contribution in [2.24, 2.45) is 0 Å². The van der Waals surface area contributed by atoms with Crippen LogP contribution in [0.15, 0.2) is 12.1 Å². The van der Waals surface area contributed by atoms with Crippen LogP contribution >= 0.6 is 11.3 Å². The SMILES string of the molecule is OC1CC2CCC(C1)N2c1nc2c(F)cc(F)cc2s1. The second-order valence-electron chi connectivity index (χ2n) is 5.65. The number of halogens is 2. The highest BCUT2D eigenvalue weighted by molar-refractivity contribution is 7.22. The van der Waals surface area contributed by atoms with Gasteiger partial charge in [-0.1, -0.05) is 11.3 Å². The van der Waals surface area contributed by atoms with Crippen LogP contribution in [0, 0.1) is 11.6 Å². The Morgan fingerprint density at radius 3 is 2.60 bits per heavy atom. The number of piperidine rings is 1. The average Bonchev–Trinajstić information content (AvgIpc) is 2.89. The van der Waals surface area contributed by atoms with Gasteiger partial charge in [-0.25, -0.2) is 13.8 Å². The summed E-state index contributed by atoms with van der Waals surface area (Å²) < 4.78 is 27.5. The number of anilines is 1. The molecule has 2 aliphatic heterocycles. The van der Waals surface area contributed by atoms with Crippen molar-refractivity contribution in [3.8, 4) is 0 Å². The Balaban J connectivity index is 1.78. The van der Waals surface area contributed by atoms with Crippen LogP contribution < -0.4 is 4.90 Å². The molecule has 2 saturated heterocycles. The minimum atomic E-state index is -0.605. The Morgan fingerprint density at radius 2 is 1.90 bits per heavy atom. The Hall–Kier alpha value is -1.27. The number of thiazole rings is 1. The lowest BCUT2D eigenvalue weighted by Gasteiger charge is -2.36. The molecule has 2 fully saturated rings. The molecule has 106 valence electrons. The molecule has 20 heavy (non-hydrogen) atoms. The number of aromatic nitrogens is 1. The Kier molecular flexibility index (Phi) is 2.72. The van der Waals surface area contributed by atoms with E-state index < -0.39 is 11.6 Å². The molecular formula is C14H14F2N2OS. The maximum absolute atomic E-state index is 13.7. The lowest BCUT2D eigenvalue weighted by Crippen LogP contribution is -2.44. The molecule has 0 spiro atoms. The third-order valence-electron chi connectivity index (χ3n) is 4.33. The number of nitrogens with zero attached hydrogens (tertiary/aromatic N) is 2. The number of fused-ring (bicyclic) bond motifs is 3. The lowest BCUT2D eigenvalue weighted by atomic mass is 10.0. The first-order chi connectivity index (χ1) is 9.61. The van der Waals surface area contributed by atoms with Gasteiger partial charge in [0.15, 0.2) is 10.9 Å². The molecule has 0 radical (unpaired) electrons. The van der Waals surface area contributed by atoms with Gasteiger partial charge in [0.25, 0.3) is 0 Å². The van der Waals surface area contributed by atoms with E-state index in [4.69, 9.17) is 0 Å². The van der Waals surface area contributed by atoms with Gasteiger partial charge in [0.1, 0.15) is 11.3 Å². The number of rotatable bonds is 1. The largest absolute Gasteiger partial charge is 0.393 e. The van der Waals surface area contributed by atoms with E-state index in [2.05, 4.69) is 9.88 Å². The molecule has 0 saturated carbocycles. The van der Waals surface area contributed by atoms with Crippen LogP contribution in [0.25, 0.3) is 10.2 Å². The quantitative estimate of drug-likeness (QED) is 0.878. The van der Waals surface area contributed by atoms with Gasteiger partial charge in [-0.2, -0.15) is 0 Å². The topological polar surface area (TPSA) is 36.4 Å². The van der Waals surface area contributed by atoms with Gasteiger partial charge in [0.2, 0.25) is 0 Å². The normalized spacial score (nSPS) is 29.4. The van der Waals surface area contributed by atoms with E-state index in [1.165, 1.54) is 17.4 Å². The first-order valence-corrected chi connectivity index (χ1v) is 7.65. The summed E-state index contributed by atoms with van der Waals surface area (Å²) in [5, 5.41) is 10.6. The second kappa shape index (κ2) is 4.36. The van der Waals surface area contributed by atoms with Crippen LogP contribution in [0.3, 0.4) is 0 Å². The highest BCUT2D eigenvalue weighted by Gasteiger charge is 2.41. The maximum Gasteiger partial charge on any atom is 0.187 e. The molecule has 3 nitrogen and oxygen atoms in total. The molecule has 1 aromatic carbocycles. The van der Waals surface area contributed by atoms with Gasteiger partial charge in [-0.05, 0) is 31.7 Å². The second-order valence-corrected chi connectivity index (χ2v) is 6.66. The van der Waals surface area contributed by atoms with Crippen molar-refractivity contribution in [1.29, 1.82) is 0 Å². The van der Waals surface area contributed by atoms with E-state index in [9.17, 15) is 13.9 Å². The highest BCUT2D eigenvalue weighted by Crippen LogP contribution is 2.42. The monoisotopic (exact) mass is 296 g/mol. The molecule has 2 bridgehead atoms. The number of hydrogen-bond acceptors (Lipinski definition) is 4. The van der Waals surface area contributed by atoms with Gasteiger partial charge >= 0.3 is 0 Å². The van der Waals surface area contributed by atoms with Crippen molar-refractivity contribution in [2.45, 2.75) is 43.9 Å². The molecule has 6 heteroatoms. The van der Waals surface area contributed by atoms with E-state index in [1.807, 2.05) is 0 Å². The number of aliphatic hydroxyl groups excluding tert-OH is 1. The van der Waals surface area contributed by atoms with Crippen molar-refractivity contribution < 1.29 is 13.9 Å². The van der Waals surface area contributed by atoms with Crippen LogP contribution in [0.5, 0.6) is 0 Å². The first kappa shape index (κ1) is 12.5. The predicted molar refractivity (Wildman–Crippen MR) is 74.1 cm³/mol. The standard InChI is InChI=1S/C14H14F2N2OS/c15-7-3-11(16)13-12(4-7)20-14(17-13)18-8-1-2-9(18)6-10(19)5-8/h3-4,8-10,19H,1-2,5-6H2. The number of benzene rings is 1. The molecule has 2 aliphatic rings. The van der Waals surface area contributed by atoms with E-state index in [0.717, 1.165) is 36.9 Å². The maximum atomic E-state index is 13.7. The molecule has 2 unspecified atom stereocenters. The first-order valence-electron chi connectivity index (χ1n) is 6.84. The summed E-state index contributed by atoms with van der Waals surface area (Å²) >= 11 is 1.33. The number of aliphatic hydroxyl groups is 1. The van der Waals surface area contributed by atoms with Crippen molar-refractivity contribution in [1.82, 2.24) is 4.98 Å². The molecule has 2 aromatic rings. The summed E-state index contributed by atoms with van der Waals surface area (Å²) in [6.07, 6.45) is 3.31. The van der Waals surface area contributed by atoms with E-state index >= 15 is 0 Å². The molecule has 0 amide bonds. The summed E-state index contributed by atoms with van der Waals surface area (Å²) in [6.45, 7) is 0. The fraction of sp³-hybridized carbons (Fsp3) is 0.500. The zero-order valence-electron chi connectivity index (χ0n) is 10.7. The summed E-state index contributed by atoms with van der Waals surface area (Å²) in [5.41, 5.74) is 0.247. The van der Waals surface area contributed by atoms with E-state index in [1.54, 1.807) is 0 Å². The third-order valence-corrected chi connectivity index (χ3v) is 5.35. The van der Waals surface area contributed by atoms with E-state index in [-0.39, 0.29) is 23.7 Å². The molecule has 2 atom stereocenters. The zero-order valence-corrected chi connectivity index (χ0v) is 11.5. The van der Waals surface area contributed by atoms with E-state index in [0.29, 0.717) is 4.70 Å². The Morgan fingerprint density at radius 1 is 1.20 bits per heavy atom. The van der Waals surface area contributed by atoms with Gasteiger partial charge in [-0.15, -0.1) is 0 Å². The minimum Gasteiger partial charge on any atom is -0.393 e. The average molecular weight is 296 g/mol. The van der Waals surface area contributed by atoms with Crippen molar-refractivity contribution in [2.75, 3.05) is 4.90 Å². The number of hydrogen-bond donors (Lipinski definition) is 1. The van der Waals surface area contributed by atoms with Crippen LogP contribution in [0.2, 0.25) is 0 Å². The third kappa shape index (κ3) is 1.82. The smallest absolute Gasteiger partial charge is 0.187 e. The highest BCUT2D eigenvalue weighted by atomic mass is 32.1. The molecule has 1 aromatic heterocycles. The van der Waals surface area contributed by atoms with Crippen molar-refractivity contribution >= 4 is 26.7 Å². The zero-order chi connectivity index (χ0) is 13.9. The van der Waals surface area contributed by atoms with Crippen LogP contribution in [0.1, 0.15) is 25.7 Å². The van der Waals surface area contributed by atoms with Gasteiger partial charge in [0, 0.05) is 18.2 Å². The summed E-state index contributed by atoms with van der Waals surface area (Å²) in [4.78, 5) is 6.57. The minimum absolute atomic E-state index is 0.243. The van der Waals surface area contributed by atoms with Crippen LogP contribution in [-0.4, -0.2) is 28.3 Å². The molecule has 4 rings (SSSR count).